The summed E-state index contributed by atoms with van der Waals surface area (Å²) >= 11 is 1.25. The number of rotatable bonds is 6. The van der Waals surface area contributed by atoms with Gasteiger partial charge in [0, 0.05) is 11.9 Å². The Morgan fingerprint density at radius 1 is 1.56 bits per heavy atom. The average Bonchev–Trinajstić information content (AvgIpc) is 2.75. The van der Waals surface area contributed by atoms with Crippen molar-refractivity contribution in [2.45, 2.75) is 19.9 Å². The van der Waals surface area contributed by atoms with Crippen molar-refractivity contribution in [1.29, 1.82) is 0 Å². The number of sulfonamides is 1. The molecule has 8 heteroatoms. The van der Waals surface area contributed by atoms with Gasteiger partial charge in [0.15, 0.2) is 5.69 Å². The van der Waals surface area contributed by atoms with Crippen molar-refractivity contribution in [3.8, 4) is 0 Å². The van der Waals surface area contributed by atoms with Crippen LogP contribution in [0.3, 0.4) is 0 Å². The van der Waals surface area contributed by atoms with Crippen molar-refractivity contribution in [3.05, 3.63) is 16.1 Å². The Morgan fingerprint density at radius 2 is 2.22 bits per heavy atom. The van der Waals surface area contributed by atoms with Crippen LogP contribution in [-0.4, -0.2) is 43.6 Å². The van der Waals surface area contributed by atoms with Crippen LogP contribution in [0, 0.1) is 0 Å². The molecule has 0 unspecified atom stereocenters. The van der Waals surface area contributed by atoms with Crippen LogP contribution < -0.4 is 0 Å². The SMILES string of the molecule is CCCN(Cc1nc(C(=O)OC)cs1)S(C)(=O)=O. The van der Waals surface area contributed by atoms with E-state index in [-0.39, 0.29) is 12.2 Å². The fourth-order valence-corrected chi connectivity index (χ4v) is 3.07. The summed E-state index contributed by atoms with van der Waals surface area (Å²) in [7, 11) is -1.98. The van der Waals surface area contributed by atoms with Crippen molar-refractivity contribution >= 4 is 27.3 Å². The highest BCUT2D eigenvalue weighted by Gasteiger charge is 2.19. The lowest BCUT2D eigenvalue weighted by Crippen LogP contribution is -2.30. The summed E-state index contributed by atoms with van der Waals surface area (Å²) in [4.78, 5) is 15.3. The Balaban J connectivity index is 2.82. The van der Waals surface area contributed by atoms with Gasteiger partial charge < -0.3 is 4.74 Å². The number of ether oxygens (including phenoxy) is 1. The molecular formula is C10H16N2O4S2. The van der Waals surface area contributed by atoms with Gasteiger partial charge in [0.25, 0.3) is 0 Å². The standard InChI is InChI=1S/C10H16N2O4S2/c1-4-5-12(18(3,14)15)6-9-11-8(7-17-9)10(13)16-2/h7H,4-6H2,1-3H3. The Morgan fingerprint density at radius 3 is 2.72 bits per heavy atom. The molecule has 0 saturated heterocycles. The zero-order chi connectivity index (χ0) is 13.8. The maximum Gasteiger partial charge on any atom is 0.357 e. The molecule has 1 heterocycles. The summed E-state index contributed by atoms with van der Waals surface area (Å²) < 4.78 is 29.0. The van der Waals surface area contributed by atoms with Crippen molar-refractivity contribution in [2.75, 3.05) is 19.9 Å². The molecule has 0 N–H and O–H groups in total. The second-order valence-corrected chi connectivity index (χ2v) is 6.64. The maximum absolute atomic E-state index is 11.5. The topological polar surface area (TPSA) is 76.6 Å². The quantitative estimate of drug-likeness (QED) is 0.734. The molecule has 0 atom stereocenters. The van der Waals surface area contributed by atoms with E-state index in [1.54, 1.807) is 5.38 Å². The van der Waals surface area contributed by atoms with Crippen molar-refractivity contribution in [1.82, 2.24) is 9.29 Å². The van der Waals surface area contributed by atoms with Crippen LogP contribution in [0.25, 0.3) is 0 Å². The zero-order valence-electron chi connectivity index (χ0n) is 10.5. The van der Waals surface area contributed by atoms with Gasteiger partial charge in [-0.15, -0.1) is 11.3 Å². The van der Waals surface area contributed by atoms with E-state index < -0.39 is 16.0 Å². The third-order valence-electron chi connectivity index (χ3n) is 2.20. The first-order valence-electron chi connectivity index (χ1n) is 5.36. The van der Waals surface area contributed by atoms with Crippen LogP contribution in [0.2, 0.25) is 0 Å². The summed E-state index contributed by atoms with van der Waals surface area (Å²) in [6, 6.07) is 0. The lowest BCUT2D eigenvalue weighted by atomic mass is 10.4. The minimum absolute atomic E-state index is 0.189. The molecule has 0 aromatic carbocycles. The number of carbonyl (C=O) groups is 1. The number of methoxy groups -OCH3 is 1. The summed E-state index contributed by atoms with van der Waals surface area (Å²) in [5, 5.41) is 2.14. The lowest BCUT2D eigenvalue weighted by molar-refractivity contribution is 0.0594. The fourth-order valence-electron chi connectivity index (χ4n) is 1.34. The van der Waals surface area contributed by atoms with E-state index in [1.807, 2.05) is 6.92 Å². The zero-order valence-corrected chi connectivity index (χ0v) is 12.2. The molecule has 1 rings (SSSR count). The van der Waals surface area contributed by atoms with Crippen LogP contribution in [-0.2, 0) is 21.3 Å². The molecule has 0 radical (unpaired) electrons. The van der Waals surface area contributed by atoms with Gasteiger partial charge in [-0.05, 0) is 6.42 Å². The van der Waals surface area contributed by atoms with E-state index in [4.69, 9.17) is 0 Å². The Kier molecular flexibility index (Phi) is 5.24. The van der Waals surface area contributed by atoms with E-state index in [0.29, 0.717) is 11.6 Å². The molecule has 18 heavy (non-hydrogen) atoms. The second kappa shape index (κ2) is 6.26. The van der Waals surface area contributed by atoms with Crippen molar-refractivity contribution in [2.24, 2.45) is 0 Å². The molecule has 1 aromatic heterocycles. The Bertz CT molecular complexity index is 510. The summed E-state index contributed by atoms with van der Waals surface area (Å²) in [6.45, 7) is 2.53. The molecule has 0 bridgehead atoms. The van der Waals surface area contributed by atoms with E-state index in [9.17, 15) is 13.2 Å². The largest absolute Gasteiger partial charge is 0.464 e. The lowest BCUT2D eigenvalue weighted by Gasteiger charge is -2.17. The predicted octanol–water partition coefficient (Wildman–Crippen LogP) is 1.10. The van der Waals surface area contributed by atoms with E-state index in [1.165, 1.54) is 22.8 Å². The number of hydrogen-bond acceptors (Lipinski definition) is 6. The molecule has 0 spiro atoms. The summed E-state index contributed by atoms with van der Waals surface area (Å²) in [5.74, 6) is -0.515. The molecule has 1 aromatic rings. The minimum atomic E-state index is -3.26. The predicted molar refractivity (Wildman–Crippen MR) is 69.0 cm³/mol. The number of aromatic nitrogens is 1. The van der Waals surface area contributed by atoms with E-state index >= 15 is 0 Å². The van der Waals surface area contributed by atoms with Crippen LogP contribution in [0.4, 0.5) is 0 Å². The van der Waals surface area contributed by atoms with Crippen molar-refractivity contribution in [3.63, 3.8) is 0 Å². The smallest absolute Gasteiger partial charge is 0.357 e. The van der Waals surface area contributed by atoms with Gasteiger partial charge in [-0.25, -0.2) is 18.2 Å². The van der Waals surface area contributed by atoms with Crippen LogP contribution in [0.5, 0.6) is 0 Å². The van der Waals surface area contributed by atoms with Gasteiger partial charge >= 0.3 is 5.97 Å². The van der Waals surface area contributed by atoms with Gasteiger partial charge in [0.2, 0.25) is 10.0 Å². The van der Waals surface area contributed by atoms with Gasteiger partial charge in [-0.1, -0.05) is 6.92 Å². The van der Waals surface area contributed by atoms with Crippen LogP contribution in [0.1, 0.15) is 28.8 Å². The molecule has 0 fully saturated rings. The number of carbonyl (C=O) groups excluding carboxylic acids is 1. The van der Waals surface area contributed by atoms with Crippen LogP contribution in [0.15, 0.2) is 5.38 Å². The molecule has 0 aliphatic rings. The first kappa shape index (κ1) is 15.1. The number of thiazole rings is 1. The number of esters is 1. The first-order valence-corrected chi connectivity index (χ1v) is 8.09. The minimum Gasteiger partial charge on any atom is -0.464 e. The Hall–Kier alpha value is -0.990. The highest BCUT2D eigenvalue weighted by Crippen LogP contribution is 2.15. The average molecular weight is 292 g/mol. The summed E-state index contributed by atoms with van der Waals surface area (Å²) in [5.41, 5.74) is 0.211. The fraction of sp³-hybridized carbons (Fsp3) is 0.600. The van der Waals surface area contributed by atoms with Gasteiger partial charge in [-0.3, -0.25) is 0 Å². The number of hydrogen-bond donors (Lipinski definition) is 0. The number of nitrogens with zero attached hydrogens (tertiary/aromatic N) is 2. The highest BCUT2D eigenvalue weighted by molar-refractivity contribution is 7.88. The van der Waals surface area contributed by atoms with E-state index in [0.717, 1.165) is 12.7 Å². The third kappa shape index (κ3) is 4.04. The second-order valence-electron chi connectivity index (χ2n) is 3.71. The molecule has 0 amide bonds. The third-order valence-corrected chi connectivity index (χ3v) is 4.28. The molecular weight excluding hydrogens is 276 g/mol. The van der Waals surface area contributed by atoms with Crippen molar-refractivity contribution < 1.29 is 17.9 Å². The normalized spacial score (nSPS) is 11.8. The molecule has 0 aliphatic carbocycles. The Labute approximate surface area is 111 Å². The van der Waals surface area contributed by atoms with E-state index in [2.05, 4.69) is 9.72 Å². The molecule has 0 aliphatic heterocycles. The maximum atomic E-state index is 11.5. The monoisotopic (exact) mass is 292 g/mol. The molecule has 6 nitrogen and oxygen atoms in total. The van der Waals surface area contributed by atoms with Gasteiger partial charge in [0.1, 0.15) is 5.01 Å². The van der Waals surface area contributed by atoms with Gasteiger partial charge in [0.05, 0.1) is 19.9 Å². The summed E-state index contributed by atoms with van der Waals surface area (Å²) in [6.07, 6.45) is 1.89. The highest BCUT2D eigenvalue weighted by atomic mass is 32.2. The van der Waals surface area contributed by atoms with Gasteiger partial charge in [-0.2, -0.15) is 4.31 Å². The molecule has 0 saturated carbocycles. The van der Waals surface area contributed by atoms with Crippen LogP contribution >= 0.6 is 11.3 Å². The molecule has 102 valence electrons. The first-order chi connectivity index (χ1) is 8.38.